The number of nitrogens with zero attached hydrogens (tertiary/aromatic N) is 3. The zero-order chi connectivity index (χ0) is 50.2. The molecule has 1 atom stereocenters. The van der Waals surface area contributed by atoms with Crippen LogP contribution in [0.5, 0.6) is 0 Å². The third-order valence-electron chi connectivity index (χ3n) is 10.0. The summed E-state index contributed by atoms with van der Waals surface area (Å²) in [4.78, 5) is 0. The van der Waals surface area contributed by atoms with Crippen molar-refractivity contribution in [3.8, 4) is 0 Å². The molecule has 30 heteroatoms. The van der Waals surface area contributed by atoms with E-state index in [4.69, 9.17) is 27.1 Å². The van der Waals surface area contributed by atoms with Crippen molar-refractivity contribution in [2.24, 2.45) is 46.0 Å². The zero-order valence-electron chi connectivity index (χ0n) is 36.3. The smallest absolute Gasteiger partial charge is 0.306 e. The first-order valence-corrected chi connectivity index (χ1v) is 23.1. The summed E-state index contributed by atoms with van der Waals surface area (Å²) in [5, 5.41) is 0. The molecule has 1 heterocycles. The quantitative estimate of drug-likeness (QED) is 0.0840. The van der Waals surface area contributed by atoms with Crippen LogP contribution < -0.4 is 0 Å². The monoisotopic (exact) mass is 1020 g/mol. The van der Waals surface area contributed by atoms with Crippen LogP contribution in [0, 0.1) is 32.5 Å². The van der Waals surface area contributed by atoms with Crippen molar-refractivity contribution in [2.45, 2.75) is 139 Å². The average Bonchev–Trinajstić information content (AvgIpc) is 3.02. The van der Waals surface area contributed by atoms with E-state index in [1.807, 2.05) is 0 Å². The summed E-state index contributed by atoms with van der Waals surface area (Å²) in [5.74, 6) is 0. The first-order chi connectivity index (χ1) is 27.4. The number of alkyl halides is 18. The highest BCUT2D eigenvalue weighted by Gasteiger charge is 2.56. The Kier molecular flexibility index (Phi) is 18.4. The molecule has 1 aliphatic rings. The molecule has 0 aliphatic carbocycles. The van der Waals surface area contributed by atoms with Crippen LogP contribution in [0.25, 0.3) is 0 Å². The molecule has 0 spiro atoms. The number of rotatable bonds is 21. The second-order valence-electron chi connectivity index (χ2n) is 18.6. The lowest BCUT2D eigenvalue weighted by atomic mass is 9.89. The summed E-state index contributed by atoms with van der Waals surface area (Å²) in [7, 11) is -16.6. The Hall–Kier alpha value is -0.810. The molecule has 0 amide bonds. The maximum Gasteiger partial charge on any atom is 0.396 e. The van der Waals surface area contributed by atoms with Crippen LogP contribution in [0.2, 0.25) is 0 Å². The van der Waals surface area contributed by atoms with Gasteiger partial charge < -0.3 is 27.1 Å². The summed E-state index contributed by atoms with van der Waals surface area (Å²) in [6, 6.07) is 0. The van der Waals surface area contributed by atoms with Gasteiger partial charge in [-0.25, -0.2) is 0 Å². The largest absolute Gasteiger partial charge is 0.396 e. The Balaban J connectivity index is 4.68. The molecule has 0 radical (unpaired) electrons. The molecule has 9 nitrogen and oxygen atoms in total. The lowest BCUT2D eigenvalue weighted by Crippen LogP contribution is -2.37. The van der Waals surface area contributed by atoms with E-state index in [0.29, 0.717) is 83.1 Å². The Morgan fingerprint density at radius 2 is 0.429 bits per heavy atom. The minimum absolute atomic E-state index is 0.492. The molecule has 1 unspecified atom stereocenters. The van der Waals surface area contributed by atoms with Crippen LogP contribution in [0.1, 0.15) is 102 Å². The van der Waals surface area contributed by atoms with Crippen molar-refractivity contribution in [2.75, 3.05) is 39.6 Å². The minimum Gasteiger partial charge on any atom is -0.306 e. The standard InChI is InChI=1S/C33H54F18N3O6P3/c1-22(2,28(34,35)36)13-16-55-61(56-17-14-23(3,4)29(37,38)39)52-62(58-19-25(7,8)31(43,44)45,57-18-15-24(5,6)30(40,41)42)54-63(53-61,59-20-26(9,10)32(46,47)48)60-21-27(11,12)33(49,50)51/h13-21H2,1-12H3. The average molecular weight is 1020 g/mol. The maximum absolute atomic E-state index is 14.2. The Labute approximate surface area is 354 Å². The van der Waals surface area contributed by atoms with Gasteiger partial charge in [-0.1, -0.05) is 41.5 Å². The van der Waals surface area contributed by atoms with Crippen LogP contribution in [0.3, 0.4) is 0 Å². The van der Waals surface area contributed by atoms with Gasteiger partial charge in [0.25, 0.3) is 0 Å². The van der Waals surface area contributed by atoms with Gasteiger partial charge in [0, 0.05) is 0 Å². The highest BCUT2D eigenvalue weighted by atomic mass is 31.3. The fraction of sp³-hybridized carbons (Fsp3) is 1.00. The summed E-state index contributed by atoms with van der Waals surface area (Å²) in [5.41, 5.74) is -17.2. The van der Waals surface area contributed by atoms with Crippen molar-refractivity contribution >= 4 is 23.0 Å². The molecule has 0 aromatic rings. The second-order valence-corrected chi connectivity index (χ2v) is 25.2. The first kappa shape index (κ1) is 60.2. The normalized spacial score (nSPS) is 20.3. The van der Waals surface area contributed by atoms with E-state index in [1.54, 1.807) is 0 Å². The molecule has 63 heavy (non-hydrogen) atoms. The van der Waals surface area contributed by atoms with E-state index in [-0.39, 0.29) is 0 Å². The molecule has 0 N–H and O–H groups in total. The molecule has 378 valence electrons. The lowest BCUT2D eigenvalue weighted by Gasteiger charge is -2.38. The van der Waals surface area contributed by atoms with E-state index in [9.17, 15) is 79.0 Å². The third kappa shape index (κ3) is 15.9. The second kappa shape index (κ2) is 19.3. The van der Waals surface area contributed by atoms with Gasteiger partial charge in [-0.3, -0.25) is 0 Å². The third-order valence-corrected chi connectivity index (χ3v) is 18.4. The molecule has 1 aliphatic heterocycles. The van der Waals surface area contributed by atoms with Crippen molar-refractivity contribution in [1.29, 1.82) is 0 Å². The van der Waals surface area contributed by atoms with E-state index in [0.717, 1.165) is 0 Å². The van der Waals surface area contributed by atoms with Crippen molar-refractivity contribution in [3.05, 3.63) is 0 Å². The first-order valence-electron chi connectivity index (χ1n) is 18.6. The van der Waals surface area contributed by atoms with E-state index in [1.165, 1.54) is 0 Å². The predicted molar refractivity (Wildman–Crippen MR) is 197 cm³/mol. The van der Waals surface area contributed by atoms with Crippen molar-refractivity contribution in [3.63, 3.8) is 0 Å². The predicted octanol–water partition coefficient (Wildman–Crippen LogP) is 16.6. The van der Waals surface area contributed by atoms with Gasteiger partial charge in [-0.05, 0) is 60.8 Å². The molecule has 0 saturated carbocycles. The van der Waals surface area contributed by atoms with Gasteiger partial charge in [-0.2, -0.15) is 79.0 Å². The van der Waals surface area contributed by atoms with E-state index < -0.39 is 151 Å². The summed E-state index contributed by atoms with van der Waals surface area (Å²) in [6.07, 6.45) is -34.1. The number of halogens is 18. The molecular formula is C33H54F18N3O6P3. The summed E-state index contributed by atoms with van der Waals surface area (Å²) in [6.45, 7) is -2.02. The van der Waals surface area contributed by atoms with Gasteiger partial charge in [0.05, 0.1) is 72.1 Å². The molecule has 0 fully saturated rings. The van der Waals surface area contributed by atoms with Crippen LogP contribution in [-0.2, 0) is 27.1 Å². The molecule has 0 aromatic heterocycles. The molecular weight excluding hydrogens is 969 g/mol. The summed E-state index contributed by atoms with van der Waals surface area (Å²) < 4.78 is 299. The van der Waals surface area contributed by atoms with Crippen LogP contribution in [0.4, 0.5) is 79.0 Å². The SMILES string of the molecule is CC(C)(CCOP1(OCCC(C)(C)C(F)(F)F)=NP(OCC(C)(C)C(F)(F)F)(OCC(C)(C)C(F)(F)F)=NP(OCCC(C)(C)C(F)(F)F)(OCC(C)(C)C(F)(F)F)=N1)C(F)(F)F. The van der Waals surface area contributed by atoms with Crippen molar-refractivity contribution in [1.82, 2.24) is 0 Å². The summed E-state index contributed by atoms with van der Waals surface area (Å²) >= 11 is 0. The van der Waals surface area contributed by atoms with Gasteiger partial charge in [0.2, 0.25) is 0 Å². The van der Waals surface area contributed by atoms with E-state index in [2.05, 4.69) is 13.5 Å². The minimum atomic E-state index is -5.62. The molecule has 0 aromatic carbocycles. The van der Waals surface area contributed by atoms with Crippen LogP contribution >= 0.6 is 23.0 Å². The Morgan fingerprint density at radius 3 is 0.603 bits per heavy atom. The fourth-order valence-corrected chi connectivity index (χ4v) is 13.6. The van der Waals surface area contributed by atoms with E-state index >= 15 is 0 Å². The van der Waals surface area contributed by atoms with Crippen LogP contribution in [-0.4, -0.2) is 76.7 Å². The Morgan fingerprint density at radius 1 is 0.270 bits per heavy atom. The van der Waals surface area contributed by atoms with Gasteiger partial charge in [-0.15, -0.1) is 13.5 Å². The highest BCUT2D eigenvalue weighted by molar-refractivity contribution is 7.78. The van der Waals surface area contributed by atoms with Crippen LogP contribution in [0.15, 0.2) is 13.5 Å². The Bertz CT molecular complexity index is 1640. The topological polar surface area (TPSA) is 92.5 Å². The molecule has 0 bridgehead atoms. The zero-order valence-corrected chi connectivity index (χ0v) is 39.0. The molecule has 0 saturated heterocycles. The lowest BCUT2D eigenvalue weighted by molar-refractivity contribution is -0.223. The fourth-order valence-electron chi connectivity index (χ4n) is 3.57. The molecule has 1 rings (SSSR count). The highest BCUT2D eigenvalue weighted by Crippen LogP contribution is 2.81. The maximum atomic E-state index is 14.2. The number of hydrogen-bond acceptors (Lipinski definition) is 9. The number of hydrogen-bond donors (Lipinski definition) is 0. The van der Waals surface area contributed by atoms with Gasteiger partial charge >= 0.3 is 60.0 Å². The van der Waals surface area contributed by atoms with Gasteiger partial charge in [0.15, 0.2) is 0 Å². The van der Waals surface area contributed by atoms with Crippen molar-refractivity contribution < 1.29 is 106 Å². The van der Waals surface area contributed by atoms with Gasteiger partial charge in [0.1, 0.15) is 0 Å².